The fourth-order valence-electron chi connectivity index (χ4n) is 3.96. The fourth-order valence-corrected chi connectivity index (χ4v) is 5.67. The largest absolute Gasteiger partial charge is 0.456 e. The molecular weight excluding hydrogens is 412 g/mol. The predicted octanol–water partition coefficient (Wildman–Crippen LogP) is 0.0980. The summed E-state index contributed by atoms with van der Waals surface area (Å²) in [7, 11) is -3.13. The van der Waals surface area contributed by atoms with Gasteiger partial charge in [-0.3, -0.25) is 19.4 Å². The number of aromatic nitrogens is 2. The SMILES string of the molecule is O=C(CCNC(=O)c1cnccn1)OCC(=O)N(C1CCCC1)[C@@H]1CCS(=O)(=O)C1. The zero-order valence-electron chi connectivity index (χ0n) is 16.7. The minimum absolute atomic E-state index is 0.000715. The third-order valence-corrected chi connectivity index (χ3v) is 7.13. The number of esters is 1. The van der Waals surface area contributed by atoms with E-state index in [2.05, 4.69) is 15.3 Å². The van der Waals surface area contributed by atoms with Crippen LogP contribution in [-0.4, -0.2) is 77.8 Å². The summed E-state index contributed by atoms with van der Waals surface area (Å²) in [4.78, 5) is 45.9. The summed E-state index contributed by atoms with van der Waals surface area (Å²) in [6.45, 7) is -0.389. The van der Waals surface area contributed by atoms with Crippen molar-refractivity contribution >= 4 is 27.6 Å². The van der Waals surface area contributed by atoms with E-state index in [1.807, 2.05) is 0 Å². The number of carbonyl (C=O) groups is 3. The van der Waals surface area contributed by atoms with Gasteiger partial charge >= 0.3 is 5.97 Å². The van der Waals surface area contributed by atoms with Crippen LogP contribution < -0.4 is 5.32 Å². The van der Waals surface area contributed by atoms with Gasteiger partial charge in [-0.25, -0.2) is 13.4 Å². The van der Waals surface area contributed by atoms with Crippen molar-refractivity contribution in [1.82, 2.24) is 20.2 Å². The Morgan fingerprint density at radius 3 is 2.53 bits per heavy atom. The van der Waals surface area contributed by atoms with Crippen molar-refractivity contribution in [2.45, 2.75) is 50.6 Å². The molecule has 1 saturated carbocycles. The van der Waals surface area contributed by atoms with Crippen molar-refractivity contribution < 1.29 is 27.5 Å². The summed E-state index contributed by atoms with van der Waals surface area (Å²) < 4.78 is 28.8. The van der Waals surface area contributed by atoms with E-state index in [1.54, 1.807) is 4.90 Å². The van der Waals surface area contributed by atoms with Crippen LogP contribution >= 0.6 is 0 Å². The molecule has 1 aliphatic carbocycles. The average molecular weight is 439 g/mol. The monoisotopic (exact) mass is 438 g/mol. The molecule has 0 unspecified atom stereocenters. The molecule has 3 rings (SSSR count). The molecule has 0 aromatic carbocycles. The Hall–Kier alpha value is -2.56. The molecule has 164 valence electrons. The van der Waals surface area contributed by atoms with Crippen LogP contribution in [0.15, 0.2) is 18.6 Å². The highest BCUT2D eigenvalue weighted by atomic mass is 32.2. The van der Waals surface area contributed by atoms with Crippen molar-refractivity contribution in [2.75, 3.05) is 24.7 Å². The van der Waals surface area contributed by atoms with Gasteiger partial charge in [0.15, 0.2) is 16.4 Å². The second kappa shape index (κ2) is 9.96. The van der Waals surface area contributed by atoms with Crippen LogP contribution in [0.25, 0.3) is 0 Å². The number of sulfone groups is 1. The Balaban J connectivity index is 1.46. The normalized spacial score (nSPS) is 20.6. The lowest BCUT2D eigenvalue weighted by atomic mass is 10.1. The predicted molar refractivity (Wildman–Crippen MR) is 106 cm³/mol. The van der Waals surface area contributed by atoms with Crippen molar-refractivity contribution in [3.63, 3.8) is 0 Å². The molecule has 0 bridgehead atoms. The van der Waals surface area contributed by atoms with Crippen molar-refractivity contribution in [2.24, 2.45) is 0 Å². The van der Waals surface area contributed by atoms with Gasteiger partial charge in [-0.1, -0.05) is 12.8 Å². The van der Waals surface area contributed by atoms with Gasteiger partial charge in [-0.2, -0.15) is 0 Å². The van der Waals surface area contributed by atoms with Crippen molar-refractivity contribution in [1.29, 1.82) is 0 Å². The van der Waals surface area contributed by atoms with Gasteiger partial charge < -0.3 is 15.0 Å². The van der Waals surface area contributed by atoms with E-state index in [1.165, 1.54) is 18.6 Å². The van der Waals surface area contributed by atoms with Crippen molar-refractivity contribution in [3.8, 4) is 0 Å². The highest BCUT2D eigenvalue weighted by molar-refractivity contribution is 7.91. The molecule has 1 atom stereocenters. The number of carbonyl (C=O) groups excluding carboxylic acids is 3. The van der Waals surface area contributed by atoms with E-state index in [9.17, 15) is 22.8 Å². The quantitative estimate of drug-likeness (QED) is 0.565. The van der Waals surface area contributed by atoms with Gasteiger partial charge in [0.2, 0.25) is 0 Å². The van der Waals surface area contributed by atoms with Crippen LogP contribution in [0.2, 0.25) is 0 Å². The fraction of sp³-hybridized carbons (Fsp3) is 0.632. The number of nitrogens with one attached hydrogen (secondary N) is 1. The zero-order valence-corrected chi connectivity index (χ0v) is 17.5. The molecule has 30 heavy (non-hydrogen) atoms. The summed E-state index contributed by atoms with van der Waals surface area (Å²) in [6, 6.07) is -0.351. The van der Waals surface area contributed by atoms with Crippen molar-refractivity contribution in [3.05, 3.63) is 24.3 Å². The third kappa shape index (κ3) is 5.97. The minimum atomic E-state index is -3.13. The topological polar surface area (TPSA) is 136 Å². The van der Waals surface area contributed by atoms with Crippen LogP contribution in [-0.2, 0) is 24.2 Å². The molecule has 1 N–H and O–H groups in total. The maximum absolute atomic E-state index is 12.8. The lowest BCUT2D eigenvalue weighted by molar-refractivity contribution is -0.154. The van der Waals surface area contributed by atoms with Crippen LogP contribution in [0.4, 0.5) is 0 Å². The smallest absolute Gasteiger partial charge is 0.308 e. The average Bonchev–Trinajstić information content (AvgIpc) is 3.37. The molecule has 0 spiro atoms. The Labute approximate surface area is 175 Å². The molecule has 1 aromatic rings. The van der Waals surface area contributed by atoms with Crippen LogP contribution in [0.3, 0.4) is 0 Å². The zero-order chi connectivity index (χ0) is 21.6. The first-order chi connectivity index (χ1) is 14.4. The van der Waals surface area contributed by atoms with E-state index in [-0.39, 0.29) is 48.2 Å². The summed E-state index contributed by atoms with van der Waals surface area (Å²) in [5.41, 5.74) is 0.139. The van der Waals surface area contributed by atoms with Gasteiger partial charge in [0, 0.05) is 31.0 Å². The van der Waals surface area contributed by atoms with Crippen LogP contribution in [0.5, 0.6) is 0 Å². The minimum Gasteiger partial charge on any atom is -0.456 e. The molecule has 11 heteroatoms. The van der Waals surface area contributed by atoms with Crippen LogP contribution in [0.1, 0.15) is 49.0 Å². The highest BCUT2D eigenvalue weighted by Crippen LogP contribution is 2.29. The lowest BCUT2D eigenvalue weighted by Crippen LogP contribution is -2.48. The molecule has 1 saturated heterocycles. The van der Waals surface area contributed by atoms with E-state index >= 15 is 0 Å². The number of rotatable bonds is 8. The molecule has 10 nitrogen and oxygen atoms in total. The summed E-state index contributed by atoms with van der Waals surface area (Å²) in [5, 5.41) is 2.53. The van der Waals surface area contributed by atoms with E-state index in [0.717, 1.165) is 25.7 Å². The van der Waals surface area contributed by atoms with E-state index in [0.29, 0.717) is 6.42 Å². The molecular formula is C19H26N4O6S. The maximum atomic E-state index is 12.8. The molecule has 1 aliphatic heterocycles. The number of hydrogen-bond donors (Lipinski definition) is 1. The Morgan fingerprint density at radius 1 is 1.13 bits per heavy atom. The maximum Gasteiger partial charge on any atom is 0.308 e. The molecule has 2 heterocycles. The first-order valence-electron chi connectivity index (χ1n) is 10.1. The Morgan fingerprint density at radius 2 is 1.90 bits per heavy atom. The van der Waals surface area contributed by atoms with Gasteiger partial charge in [0.25, 0.3) is 11.8 Å². The molecule has 2 aliphatic rings. The third-order valence-electron chi connectivity index (χ3n) is 5.37. The second-order valence-corrected chi connectivity index (χ2v) is 9.78. The Kier molecular flexibility index (Phi) is 7.35. The highest BCUT2D eigenvalue weighted by Gasteiger charge is 2.39. The molecule has 2 fully saturated rings. The van der Waals surface area contributed by atoms with E-state index < -0.39 is 28.3 Å². The first-order valence-corrected chi connectivity index (χ1v) is 11.9. The van der Waals surface area contributed by atoms with Gasteiger partial charge in [0.05, 0.1) is 24.1 Å². The van der Waals surface area contributed by atoms with Crippen LogP contribution in [0, 0.1) is 0 Å². The molecule has 0 radical (unpaired) electrons. The van der Waals surface area contributed by atoms with E-state index in [4.69, 9.17) is 4.74 Å². The lowest BCUT2D eigenvalue weighted by Gasteiger charge is -2.33. The number of ether oxygens (including phenoxy) is 1. The van der Waals surface area contributed by atoms with Gasteiger partial charge in [-0.15, -0.1) is 0 Å². The molecule has 1 aromatic heterocycles. The summed E-state index contributed by atoms with van der Waals surface area (Å²) in [5.74, 6) is -1.38. The summed E-state index contributed by atoms with van der Waals surface area (Å²) in [6.07, 6.45) is 8.15. The Bertz CT molecular complexity index is 870. The first kappa shape index (κ1) is 22.1. The molecule has 2 amide bonds. The standard InChI is InChI=1S/C19H26N4O6S/c24-17(23(14-3-1-2-4-14)15-6-10-30(27,28)13-15)12-29-18(25)5-7-22-19(26)16-11-20-8-9-21-16/h8-9,11,14-15H,1-7,10,12-13H2,(H,22,26)/t15-/m1/s1. The van der Waals surface area contributed by atoms with Gasteiger partial charge in [-0.05, 0) is 19.3 Å². The van der Waals surface area contributed by atoms with Gasteiger partial charge in [0.1, 0.15) is 5.69 Å². The summed E-state index contributed by atoms with van der Waals surface area (Å²) >= 11 is 0. The second-order valence-electron chi connectivity index (χ2n) is 7.55. The number of nitrogens with zero attached hydrogens (tertiary/aromatic N) is 3. The number of amides is 2. The number of hydrogen-bond acceptors (Lipinski definition) is 8.